The summed E-state index contributed by atoms with van der Waals surface area (Å²) in [7, 11) is 0. The zero-order chi connectivity index (χ0) is 12.2. The Morgan fingerprint density at radius 3 is 2.75 bits per heavy atom. The molecule has 1 rings (SSSR count). The van der Waals surface area contributed by atoms with Gasteiger partial charge in [0.25, 0.3) is 0 Å². The number of carbonyl (C=O) groups is 1. The molecule has 16 heavy (non-hydrogen) atoms. The lowest BCUT2D eigenvalue weighted by Gasteiger charge is -2.19. The summed E-state index contributed by atoms with van der Waals surface area (Å²) < 4.78 is 5.59. The van der Waals surface area contributed by atoms with Gasteiger partial charge in [-0.05, 0) is 36.7 Å². The normalized spacial score (nSPS) is 11.2. The third-order valence-corrected chi connectivity index (χ3v) is 1.89. The molecule has 1 heterocycles. The number of hydrogen-bond donors (Lipinski definition) is 2. The van der Waals surface area contributed by atoms with E-state index in [-0.39, 0.29) is 0 Å². The van der Waals surface area contributed by atoms with Gasteiger partial charge in [0.15, 0.2) is 0 Å². The summed E-state index contributed by atoms with van der Waals surface area (Å²) in [6.45, 7) is 5.91. The maximum absolute atomic E-state index is 11.3. The molecule has 7 heteroatoms. The van der Waals surface area contributed by atoms with Crippen molar-refractivity contribution in [2.75, 3.05) is 6.54 Å². The van der Waals surface area contributed by atoms with Crippen LogP contribution >= 0.6 is 15.9 Å². The SMILES string of the molecule is CC(C)(C)OC(=O)NCCc1nc(Br)n[nH]1. The van der Waals surface area contributed by atoms with Crippen LogP contribution in [0.3, 0.4) is 0 Å². The molecule has 0 unspecified atom stereocenters. The molecular formula is C9H15BrN4O2. The van der Waals surface area contributed by atoms with Gasteiger partial charge in [-0.15, -0.1) is 5.10 Å². The molecule has 6 nitrogen and oxygen atoms in total. The van der Waals surface area contributed by atoms with Gasteiger partial charge < -0.3 is 10.1 Å². The number of ether oxygens (including phenoxy) is 1. The molecule has 0 aromatic carbocycles. The van der Waals surface area contributed by atoms with Crippen LogP contribution in [0.5, 0.6) is 0 Å². The molecule has 0 aliphatic rings. The number of aromatic nitrogens is 3. The zero-order valence-corrected chi connectivity index (χ0v) is 11.1. The second kappa shape index (κ2) is 5.29. The van der Waals surface area contributed by atoms with Crippen LogP contribution in [0.25, 0.3) is 0 Å². The first-order chi connectivity index (χ1) is 7.37. The molecule has 0 atom stereocenters. The number of carbonyl (C=O) groups excluding carboxylic acids is 1. The number of nitrogens with one attached hydrogen (secondary N) is 2. The molecule has 0 radical (unpaired) electrons. The number of rotatable bonds is 3. The summed E-state index contributed by atoms with van der Waals surface area (Å²) in [5, 5.41) is 9.17. The molecule has 0 aliphatic heterocycles. The van der Waals surface area contributed by atoms with Gasteiger partial charge in [-0.25, -0.2) is 9.78 Å². The number of amides is 1. The van der Waals surface area contributed by atoms with E-state index in [1.54, 1.807) is 0 Å². The van der Waals surface area contributed by atoms with Gasteiger partial charge in [0.2, 0.25) is 4.73 Å². The minimum Gasteiger partial charge on any atom is -0.444 e. The predicted molar refractivity (Wildman–Crippen MR) is 62.0 cm³/mol. The van der Waals surface area contributed by atoms with Gasteiger partial charge in [-0.1, -0.05) is 0 Å². The van der Waals surface area contributed by atoms with Gasteiger partial charge in [-0.3, -0.25) is 5.10 Å². The van der Waals surface area contributed by atoms with E-state index in [1.807, 2.05) is 20.8 Å². The Morgan fingerprint density at radius 2 is 2.25 bits per heavy atom. The standard InChI is InChI=1S/C9H15BrN4O2/c1-9(2,3)16-8(15)11-5-4-6-12-7(10)14-13-6/h4-5H2,1-3H3,(H,11,15)(H,12,13,14). The van der Waals surface area contributed by atoms with Crippen LogP contribution in [0, 0.1) is 0 Å². The highest BCUT2D eigenvalue weighted by Gasteiger charge is 2.15. The summed E-state index contributed by atoms with van der Waals surface area (Å²) in [5.74, 6) is 0.711. The molecule has 0 saturated heterocycles. The van der Waals surface area contributed by atoms with Gasteiger partial charge in [0.1, 0.15) is 11.4 Å². The Morgan fingerprint density at radius 1 is 1.56 bits per heavy atom. The smallest absolute Gasteiger partial charge is 0.407 e. The first-order valence-electron chi connectivity index (χ1n) is 4.90. The fraction of sp³-hybridized carbons (Fsp3) is 0.667. The van der Waals surface area contributed by atoms with Crippen molar-refractivity contribution in [3.05, 3.63) is 10.6 Å². The largest absolute Gasteiger partial charge is 0.444 e. The molecule has 1 aromatic heterocycles. The fourth-order valence-corrected chi connectivity index (χ4v) is 1.28. The van der Waals surface area contributed by atoms with E-state index in [4.69, 9.17) is 4.74 Å². The summed E-state index contributed by atoms with van der Waals surface area (Å²) in [6, 6.07) is 0. The Labute approximate surface area is 102 Å². The first-order valence-corrected chi connectivity index (χ1v) is 5.70. The van der Waals surface area contributed by atoms with E-state index in [1.165, 1.54) is 0 Å². The number of hydrogen-bond acceptors (Lipinski definition) is 4. The summed E-state index contributed by atoms with van der Waals surface area (Å²) in [6.07, 6.45) is 0.156. The van der Waals surface area contributed by atoms with Crippen molar-refractivity contribution in [2.24, 2.45) is 0 Å². The van der Waals surface area contributed by atoms with Crippen LogP contribution in [0.15, 0.2) is 4.73 Å². The number of aromatic amines is 1. The van der Waals surface area contributed by atoms with Crippen molar-refractivity contribution in [1.82, 2.24) is 20.5 Å². The lowest BCUT2D eigenvalue weighted by atomic mass is 10.2. The van der Waals surface area contributed by atoms with E-state index in [0.29, 0.717) is 23.5 Å². The molecule has 0 aliphatic carbocycles. The van der Waals surface area contributed by atoms with E-state index in [2.05, 4.69) is 36.4 Å². The lowest BCUT2D eigenvalue weighted by Crippen LogP contribution is -2.33. The van der Waals surface area contributed by atoms with E-state index in [0.717, 1.165) is 0 Å². The van der Waals surface area contributed by atoms with Crippen molar-refractivity contribution in [3.8, 4) is 0 Å². The van der Waals surface area contributed by atoms with Crippen molar-refractivity contribution < 1.29 is 9.53 Å². The summed E-state index contributed by atoms with van der Waals surface area (Å²) >= 11 is 3.13. The fourth-order valence-electron chi connectivity index (χ4n) is 0.981. The van der Waals surface area contributed by atoms with E-state index < -0.39 is 11.7 Å². The minimum absolute atomic E-state index is 0.425. The third kappa shape index (κ3) is 5.11. The molecule has 0 fully saturated rings. The monoisotopic (exact) mass is 290 g/mol. The topological polar surface area (TPSA) is 79.9 Å². The molecule has 0 saturated carbocycles. The second-order valence-corrected chi connectivity index (χ2v) is 4.94. The molecule has 0 spiro atoms. The van der Waals surface area contributed by atoms with Gasteiger partial charge >= 0.3 is 6.09 Å². The van der Waals surface area contributed by atoms with Crippen molar-refractivity contribution in [3.63, 3.8) is 0 Å². The van der Waals surface area contributed by atoms with Crippen LogP contribution in [-0.2, 0) is 11.2 Å². The zero-order valence-electron chi connectivity index (χ0n) is 9.50. The number of nitrogens with zero attached hydrogens (tertiary/aromatic N) is 2. The highest BCUT2D eigenvalue weighted by molar-refractivity contribution is 9.10. The van der Waals surface area contributed by atoms with Crippen LogP contribution in [0.1, 0.15) is 26.6 Å². The summed E-state index contributed by atoms with van der Waals surface area (Å²) in [5.41, 5.74) is -0.473. The Balaban J connectivity index is 2.23. The van der Waals surface area contributed by atoms with Crippen LogP contribution in [0.2, 0.25) is 0 Å². The van der Waals surface area contributed by atoms with Crippen molar-refractivity contribution in [1.29, 1.82) is 0 Å². The molecule has 2 N–H and O–H groups in total. The average Bonchev–Trinajstić information content (AvgIpc) is 2.48. The van der Waals surface area contributed by atoms with E-state index in [9.17, 15) is 4.79 Å². The quantitative estimate of drug-likeness (QED) is 0.887. The Bertz CT molecular complexity index is 359. The second-order valence-electron chi connectivity index (χ2n) is 4.23. The summed E-state index contributed by atoms with van der Waals surface area (Å²) in [4.78, 5) is 15.3. The van der Waals surface area contributed by atoms with Gasteiger partial charge in [0, 0.05) is 13.0 Å². The van der Waals surface area contributed by atoms with Crippen LogP contribution < -0.4 is 5.32 Å². The molecular weight excluding hydrogens is 276 g/mol. The Kier molecular flexibility index (Phi) is 4.28. The third-order valence-electron chi connectivity index (χ3n) is 1.53. The molecule has 0 bridgehead atoms. The van der Waals surface area contributed by atoms with Gasteiger partial charge in [-0.2, -0.15) is 0 Å². The minimum atomic E-state index is -0.473. The molecule has 90 valence electrons. The lowest BCUT2D eigenvalue weighted by molar-refractivity contribution is 0.0528. The molecule has 1 amide bonds. The number of H-pyrrole nitrogens is 1. The van der Waals surface area contributed by atoms with Crippen molar-refractivity contribution >= 4 is 22.0 Å². The maximum atomic E-state index is 11.3. The number of alkyl carbamates (subject to hydrolysis) is 1. The molecule has 1 aromatic rings. The van der Waals surface area contributed by atoms with Crippen molar-refractivity contribution in [2.45, 2.75) is 32.8 Å². The van der Waals surface area contributed by atoms with Gasteiger partial charge in [0.05, 0.1) is 0 Å². The predicted octanol–water partition coefficient (Wildman–Crippen LogP) is 1.63. The highest BCUT2D eigenvalue weighted by Crippen LogP contribution is 2.06. The highest BCUT2D eigenvalue weighted by atomic mass is 79.9. The van der Waals surface area contributed by atoms with Crippen LogP contribution in [-0.4, -0.2) is 33.4 Å². The Hall–Kier alpha value is -1.11. The average molecular weight is 291 g/mol. The van der Waals surface area contributed by atoms with E-state index >= 15 is 0 Å². The maximum Gasteiger partial charge on any atom is 0.407 e. The number of halogens is 1. The first kappa shape index (κ1) is 13.0. The van der Waals surface area contributed by atoms with Crippen LogP contribution in [0.4, 0.5) is 4.79 Å².